The predicted molar refractivity (Wildman–Crippen MR) is 105 cm³/mol. The van der Waals surface area contributed by atoms with E-state index in [4.69, 9.17) is 4.74 Å². The highest BCUT2D eigenvalue weighted by atomic mass is 19.1. The Bertz CT molecular complexity index is 1020. The molecule has 1 fully saturated rings. The van der Waals surface area contributed by atoms with Crippen LogP contribution in [0.1, 0.15) is 55.5 Å². The Morgan fingerprint density at radius 2 is 1.93 bits per heavy atom. The van der Waals surface area contributed by atoms with Crippen LogP contribution in [0.5, 0.6) is 0 Å². The molecule has 1 aromatic carbocycles. The smallest absolute Gasteiger partial charge is 0.330 e. The first-order valence-corrected chi connectivity index (χ1v) is 9.76. The lowest BCUT2D eigenvalue weighted by molar-refractivity contribution is 0.0672. The van der Waals surface area contributed by atoms with E-state index in [2.05, 4.69) is 10.3 Å². The van der Waals surface area contributed by atoms with E-state index in [1.807, 2.05) is 26.8 Å². The first kappa shape index (κ1) is 18.9. The minimum atomic E-state index is -0.425. The summed E-state index contributed by atoms with van der Waals surface area (Å²) in [5, 5.41) is 3.25. The molecule has 150 valence electrons. The number of aryl methyl sites for hydroxylation is 1. The maximum Gasteiger partial charge on any atom is 0.330 e. The van der Waals surface area contributed by atoms with Crippen molar-refractivity contribution in [3.05, 3.63) is 61.5 Å². The number of hydrogen-bond donors (Lipinski definition) is 2. The molecule has 0 amide bonds. The number of anilines is 1. The fourth-order valence-electron chi connectivity index (χ4n) is 4.43. The average molecular weight is 387 g/mol. The largest absolute Gasteiger partial charge is 0.381 e. The molecule has 1 atom stereocenters. The van der Waals surface area contributed by atoms with Gasteiger partial charge in [-0.1, -0.05) is 31.5 Å². The molecule has 2 aliphatic heterocycles. The average Bonchev–Trinajstić information content (AvgIpc) is 2.65. The van der Waals surface area contributed by atoms with Crippen LogP contribution in [0.3, 0.4) is 0 Å². The quantitative estimate of drug-likeness (QED) is 0.830. The van der Waals surface area contributed by atoms with Crippen molar-refractivity contribution < 1.29 is 9.13 Å². The van der Waals surface area contributed by atoms with Crippen LogP contribution in [-0.2, 0) is 11.2 Å². The molecule has 1 saturated heterocycles. The highest BCUT2D eigenvalue weighted by Gasteiger charge is 2.39. The summed E-state index contributed by atoms with van der Waals surface area (Å²) in [6.07, 6.45) is 1.75. The van der Waals surface area contributed by atoms with Crippen LogP contribution in [-0.4, -0.2) is 22.8 Å². The monoisotopic (exact) mass is 387 g/mol. The summed E-state index contributed by atoms with van der Waals surface area (Å²) in [4.78, 5) is 28.7. The number of H-pyrrole nitrogens is 1. The van der Waals surface area contributed by atoms with E-state index in [1.165, 1.54) is 10.6 Å². The van der Waals surface area contributed by atoms with Gasteiger partial charge in [-0.25, -0.2) is 9.18 Å². The van der Waals surface area contributed by atoms with Crippen LogP contribution in [0.2, 0.25) is 0 Å². The maximum atomic E-state index is 14.5. The molecular weight excluding hydrogens is 361 g/mol. The Balaban J connectivity index is 1.79. The first-order chi connectivity index (χ1) is 13.3. The Hall–Kier alpha value is -2.41. The Labute approximate surface area is 162 Å². The van der Waals surface area contributed by atoms with Crippen molar-refractivity contribution >= 4 is 5.82 Å². The number of halogens is 1. The number of nitrogens with zero attached hydrogens (tertiary/aromatic N) is 1. The van der Waals surface area contributed by atoms with Crippen LogP contribution < -0.4 is 16.6 Å². The van der Waals surface area contributed by atoms with Crippen molar-refractivity contribution in [3.63, 3.8) is 0 Å². The van der Waals surface area contributed by atoms with Gasteiger partial charge in [0.25, 0.3) is 5.56 Å². The third-order valence-electron chi connectivity index (χ3n) is 5.95. The summed E-state index contributed by atoms with van der Waals surface area (Å²) < 4.78 is 21.2. The van der Waals surface area contributed by atoms with Crippen LogP contribution in [0, 0.1) is 18.2 Å². The Morgan fingerprint density at radius 3 is 2.64 bits per heavy atom. The summed E-state index contributed by atoms with van der Waals surface area (Å²) in [6, 6.07) is 4.52. The molecule has 0 bridgehead atoms. The van der Waals surface area contributed by atoms with Gasteiger partial charge in [-0.3, -0.25) is 14.3 Å². The highest BCUT2D eigenvalue weighted by Crippen LogP contribution is 2.44. The van der Waals surface area contributed by atoms with E-state index >= 15 is 0 Å². The van der Waals surface area contributed by atoms with Crippen molar-refractivity contribution in [3.8, 4) is 0 Å². The molecule has 1 aromatic heterocycles. The molecule has 0 spiro atoms. The second-order valence-corrected chi connectivity index (χ2v) is 8.57. The molecule has 2 aliphatic rings. The Morgan fingerprint density at radius 1 is 1.21 bits per heavy atom. The summed E-state index contributed by atoms with van der Waals surface area (Å²) in [6.45, 7) is 7.04. The third kappa shape index (κ3) is 3.17. The van der Waals surface area contributed by atoms with Gasteiger partial charge in [0, 0.05) is 24.8 Å². The first-order valence-electron chi connectivity index (χ1n) is 9.76. The summed E-state index contributed by atoms with van der Waals surface area (Å²) in [5.74, 6) is 0.112. The van der Waals surface area contributed by atoms with E-state index in [-0.39, 0.29) is 23.5 Å². The number of aromatic nitrogens is 2. The fourth-order valence-corrected chi connectivity index (χ4v) is 4.43. The highest BCUT2D eigenvalue weighted by molar-refractivity contribution is 5.50. The van der Waals surface area contributed by atoms with E-state index in [1.54, 1.807) is 6.07 Å². The molecular formula is C21H26FN3O3. The predicted octanol–water partition coefficient (Wildman–Crippen LogP) is 3.07. The second kappa shape index (κ2) is 6.88. The number of benzene rings is 1. The van der Waals surface area contributed by atoms with Gasteiger partial charge < -0.3 is 10.1 Å². The number of ether oxygens (including phenoxy) is 1. The van der Waals surface area contributed by atoms with Gasteiger partial charge in [-0.2, -0.15) is 0 Å². The van der Waals surface area contributed by atoms with Crippen molar-refractivity contribution in [2.75, 3.05) is 18.5 Å². The Kier molecular flexibility index (Phi) is 4.65. The van der Waals surface area contributed by atoms with Gasteiger partial charge in [0.1, 0.15) is 11.6 Å². The van der Waals surface area contributed by atoms with Gasteiger partial charge >= 0.3 is 5.69 Å². The number of hydrogen-bond acceptors (Lipinski definition) is 4. The molecule has 2 N–H and O–H groups in total. The lowest BCUT2D eigenvalue weighted by atomic mass is 9.73. The van der Waals surface area contributed by atoms with Crippen LogP contribution in [0.15, 0.2) is 27.8 Å². The summed E-state index contributed by atoms with van der Waals surface area (Å²) in [5.41, 5.74) is 0.974. The summed E-state index contributed by atoms with van der Waals surface area (Å²) in [7, 11) is 0. The van der Waals surface area contributed by atoms with E-state index in [0.29, 0.717) is 49.4 Å². The molecule has 7 heteroatoms. The fraction of sp³-hybridized carbons (Fsp3) is 0.524. The maximum absolute atomic E-state index is 14.5. The van der Waals surface area contributed by atoms with E-state index < -0.39 is 11.1 Å². The van der Waals surface area contributed by atoms with Gasteiger partial charge in [-0.15, -0.1) is 0 Å². The minimum Gasteiger partial charge on any atom is -0.381 e. The zero-order chi connectivity index (χ0) is 20.1. The zero-order valence-electron chi connectivity index (χ0n) is 16.5. The number of nitrogens with one attached hydrogen (secondary N) is 2. The second-order valence-electron chi connectivity index (χ2n) is 8.57. The molecule has 3 heterocycles. The van der Waals surface area contributed by atoms with Crippen molar-refractivity contribution in [1.29, 1.82) is 0 Å². The zero-order valence-corrected chi connectivity index (χ0v) is 16.5. The third-order valence-corrected chi connectivity index (χ3v) is 5.95. The van der Waals surface area contributed by atoms with Crippen molar-refractivity contribution in [2.45, 2.75) is 52.1 Å². The van der Waals surface area contributed by atoms with Crippen molar-refractivity contribution in [2.24, 2.45) is 5.41 Å². The van der Waals surface area contributed by atoms with E-state index in [0.717, 1.165) is 5.56 Å². The molecule has 28 heavy (non-hydrogen) atoms. The molecule has 2 aromatic rings. The van der Waals surface area contributed by atoms with Crippen molar-refractivity contribution in [1.82, 2.24) is 9.55 Å². The van der Waals surface area contributed by atoms with Crippen LogP contribution in [0.25, 0.3) is 0 Å². The van der Waals surface area contributed by atoms with E-state index in [9.17, 15) is 14.0 Å². The molecule has 0 radical (unpaired) electrons. The van der Waals surface area contributed by atoms with Crippen LogP contribution >= 0.6 is 0 Å². The van der Waals surface area contributed by atoms with Crippen LogP contribution in [0.4, 0.5) is 10.2 Å². The SMILES string of the molecule is Cc1ccc(F)c([C@@H]2Nc3[nH]c(=O)n(C4CCOCC4)c(=O)c3CC2(C)C)c1. The lowest BCUT2D eigenvalue weighted by Gasteiger charge is -2.41. The molecule has 6 nitrogen and oxygen atoms in total. The molecule has 4 rings (SSSR count). The van der Waals surface area contributed by atoms with Gasteiger partial charge in [0.2, 0.25) is 0 Å². The van der Waals surface area contributed by atoms with Gasteiger partial charge in [0.15, 0.2) is 0 Å². The lowest BCUT2D eigenvalue weighted by Crippen LogP contribution is -2.46. The topological polar surface area (TPSA) is 76.1 Å². The standard InChI is InChI=1S/C21H26FN3O3/c1-12-4-5-16(22)14(10-12)17-21(2,3)11-15-18(23-17)24-20(27)25(19(15)26)13-6-8-28-9-7-13/h4-5,10,13,17,23H,6-9,11H2,1-3H3,(H,24,27)/t17-/m0/s1. The van der Waals surface area contributed by atoms with Gasteiger partial charge in [-0.05, 0) is 37.7 Å². The normalized spacial score (nSPS) is 21.8. The molecule has 0 unspecified atom stereocenters. The number of aromatic amines is 1. The number of fused-ring (bicyclic) bond motifs is 1. The van der Waals surface area contributed by atoms with Gasteiger partial charge in [0.05, 0.1) is 11.6 Å². The minimum absolute atomic E-state index is 0.148. The molecule has 0 aliphatic carbocycles. The number of rotatable bonds is 2. The summed E-state index contributed by atoms with van der Waals surface area (Å²) >= 11 is 0. The molecule has 0 saturated carbocycles.